The van der Waals surface area contributed by atoms with Crippen LogP contribution < -0.4 is 5.73 Å². The molecule has 17 heavy (non-hydrogen) atoms. The zero-order valence-electron chi connectivity index (χ0n) is 10.3. The second-order valence-corrected chi connectivity index (χ2v) is 4.59. The molecule has 0 spiro atoms. The molecule has 96 valence electrons. The zero-order chi connectivity index (χ0) is 12.8. The van der Waals surface area contributed by atoms with Gasteiger partial charge < -0.3 is 10.6 Å². The van der Waals surface area contributed by atoms with E-state index in [-0.39, 0.29) is 5.78 Å². The molecular weight excluding hydrogens is 240 g/mol. The molecule has 0 unspecified atom stereocenters. The molecule has 0 aromatic carbocycles. The highest BCUT2D eigenvalue weighted by Gasteiger charge is 2.16. The molecule has 0 radical (unpaired) electrons. The van der Waals surface area contributed by atoms with Gasteiger partial charge in [-0.25, -0.2) is 0 Å². The number of rotatable bonds is 7. The van der Waals surface area contributed by atoms with Crippen LogP contribution in [-0.4, -0.2) is 47.6 Å². The summed E-state index contributed by atoms with van der Waals surface area (Å²) in [6.45, 7) is 1.98. The van der Waals surface area contributed by atoms with E-state index in [4.69, 9.17) is 17.3 Å². The Morgan fingerprint density at radius 2 is 2.29 bits per heavy atom. The fourth-order valence-electron chi connectivity index (χ4n) is 1.48. The normalized spacial score (nSPS) is 11.1. The standard InChI is InChI=1S/C11H19ClN4O/c1-15(2)6-7-16-11(9(12)8-14-16)10(17)4-3-5-13/h8H,3-7,13H2,1-2H3. The van der Waals surface area contributed by atoms with Gasteiger partial charge in [0.15, 0.2) is 5.78 Å². The molecule has 1 heterocycles. The van der Waals surface area contributed by atoms with Crippen LogP contribution in [0.4, 0.5) is 0 Å². The predicted octanol–water partition coefficient (Wildman–Crippen LogP) is 1.02. The lowest BCUT2D eigenvalue weighted by Crippen LogP contribution is -2.21. The maximum atomic E-state index is 11.9. The first kappa shape index (κ1) is 14.2. The molecule has 1 rings (SSSR count). The molecule has 5 nitrogen and oxygen atoms in total. The van der Waals surface area contributed by atoms with Gasteiger partial charge in [0.2, 0.25) is 0 Å². The van der Waals surface area contributed by atoms with Crippen molar-refractivity contribution in [3.05, 3.63) is 16.9 Å². The number of carbonyl (C=O) groups excluding carboxylic acids is 1. The Morgan fingerprint density at radius 1 is 1.59 bits per heavy atom. The summed E-state index contributed by atoms with van der Waals surface area (Å²) in [4.78, 5) is 14.0. The van der Waals surface area contributed by atoms with Crippen LogP contribution in [0.5, 0.6) is 0 Å². The van der Waals surface area contributed by atoms with Crippen molar-refractivity contribution < 1.29 is 4.79 Å². The smallest absolute Gasteiger partial charge is 0.182 e. The van der Waals surface area contributed by atoms with Gasteiger partial charge in [-0.15, -0.1) is 0 Å². The van der Waals surface area contributed by atoms with Crippen LogP contribution in [-0.2, 0) is 6.54 Å². The number of nitrogens with zero attached hydrogens (tertiary/aromatic N) is 3. The number of hydrogen-bond donors (Lipinski definition) is 1. The number of aromatic nitrogens is 2. The summed E-state index contributed by atoms with van der Waals surface area (Å²) in [5, 5.41) is 4.54. The van der Waals surface area contributed by atoms with Gasteiger partial charge in [0, 0.05) is 13.0 Å². The molecule has 0 fully saturated rings. The molecule has 2 N–H and O–H groups in total. The first-order valence-electron chi connectivity index (χ1n) is 5.65. The van der Waals surface area contributed by atoms with Gasteiger partial charge >= 0.3 is 0 Å². The Labute approximate surface area is 107 Å². The van der Waals surface area contributed by atoms with E-state index in [1.807, 2.05) is 19.0 Å². The second kappa shape index (κ2) is 6.74. The molecule has 6 heteroatoms. The fourth-order valence-corrected chi connectivity index (χ4v) is 1.73. The largest absolute Gasteiger partial charge is 0.330 e. The maximum absolute atomic E-state index is 11.9. The summed E-state index contributed by atoms with van der Waals surface area (Å²) in [5.41, 5.74) is 5.89. The second-order valence-electron chi connectivity index (χ2n) is 4.18. The summed E-state index contributed by atoms with van der Waals surface area (Å²) in [5.74, 6) is 0.0108. The molecule has 1 aromatic rings. The Hall–Kier alpha value is -0.910. The molecule has 0 saturated heterocycles. The first-order chi connectivity index (χ1) is 8.06. The summed E-state index contributed by atoms with van der Waals surface area (Å²) >= 11 is 5.99. The number of ketones is 1. The van der Waals surface area contributed by atoms with Gasteiger partial charge in [0.1, 0.15) is 5.69 Å². The van der Waals surface area contributed by atoms with E-state index in [1.165, 1.54) is 6.20 Å². The van der Waals surface area contributed by atoms with Crippen LogP contribution in [0.25, 0.3) is 0 Å². The number of likely N-dealkylation sites (N-methyl/N-ethyl adjacent to an activating group) is 1. The lowest BCUT2D eigenvalue weighted by atomic mass is 10.1. The van der Waals surface area contributed by atoms with Crippen molar-refractivity contribution >= 4 is 17.4 Å². The lowest BCUT2D eigenvalue weighted by Gasteiger charge is -2.11. The molecule has 0 atom stereocenters. The lowest BCUT2D eigenvalue weighted by molar-refractivity contribution is 0.0969. The van der Waals surface area contributed by atoms with Crippen molar-refractivity contribution in [1.82, 2.24) is 14.7 Å². The average molecular weight is 259 g/mol. The number of hydrogen-bond acceptors (Lipinski definition) is 4. The predicted molar refractivity (Wildman–Crippen MR) is 68.4 cm³/mol. The molecular formula is C11H19ClN4O. The SMILES string of the molecule is CN(C)CCn1ncc(Cl)c1C(=O)CCCN. The van der Waals surface area contributed by atoms with Crippen molar-refractivity contribution in [2.75, 3.05) is 27.2 Å². The van der Waals surface area contributed by atoms with Gasteiger partial charge in [-0.05, 0) is 27.1 Å². The molecule has 0 aliphatic rings. The summed E-state index contributed by atoms with van der Waals surface area (Å²) in [6, 6.07) is 0. The van der Waals surface area contributed by atoms with E-state index >= 15 is 0 Å². The van der Waals surface area contributed by atoms with Crippen molar-refractivity contribution in [3.8, 4) is 0 Å². The quantitative estimate of drug-likeness (QED) is 0.742. The van der Waals surface area contributed by atoms with E-state index in [2.05, 4.69) is 5.10 Å². The minimum Gasteiger partial charge on any atom is -0.330 e. The average Bonchev–Trinajstić information content (AvgIpc) is 2.64. The molecule has 1 aromatic heterocycles. The van der Waals surface area contributed by atoms with Gasteiger partial charge in [-0.3, -0.25) is 9.48 Å². The fraction of sp³-hybridized carbons (Fsp3) is 0.636. The van der Waals surface area contributed by atoms with Crippen LogP contribution in [0, 0.1) is 0 Å². The minimum atomic E-state index is 0.0108. The van der Waals surface area contributed by atoms with Crippen LogP contribution in [0.1, 0.15) is 23.3 Å². The van der Waals surface area contributed by atoms with Gasteiger partial charge in [-0.1, -0.05) is 11.6 Å². The number of halogens is 1. The number of Topliss-reactive ketones (excluding diaryl/α,β-unsaturated/α-hetero) is 1. The van der Waals surface area contributed by atoms with Crippen LogP contribution >= 0.6 is 11.6 Å². The zero-order valence-corrected chi connectivity index (χ0v) is 11.1. The molecule has 0 bridgehead atoms. The third-order valence-electron chi connectivity index (χ3n) is 2.43. The highest BCUT2D eigenvalue weighted by atomic mass is 35.5. The molecule has 0 saturated carbocycles. The topological polar surface area (TPSA) is 64.2 Å². The van der Waals surface area contributed by atoms with Crippen LogP contribution in [0.3, 0.4) is 0 Å². The first-order valence-corrected chi connectivity index (χ1v) is 6.03. The summed E-state index contributed by atoms with van der Waals surface area (Å²) in [7, 11) is 3.95. The third-order valence-corrected chi connectivity index (χ3v) is 2.70. The number of carbonyl (C=O) groups is 1. The van der Waals surface area contributed by atoms with Crippen molar-refractivity contribution in [3.63, 3.8) is 0 Å². The third kappa shape index (κ3) is 4.11. The van der Waals surface area contributed by atoms with Gasteiger partial charge in [0.05, 0.1) is 17.8 Å². The summed E-state index contributed by atoms with van der Waals surface area (Å²) < 4.78 is 1.67. The Morgan fingerprint density at radius 3 is 2.88 bits per heavy atom. The van der Waals surface area contributed by atoms with Crippen molar-refractivity contribution in [2.24, 2.45) is 5.73 Å². The van der Waals surface area contributed by atoms with Crippen molar-refractivity contribution in [1.29, 1.82) is 0 Å². The Bertz CT molecular complexity index is 376. The van der Waals surface area contributed by atoms with E-state index in [0.29, 0.717) is 36.6 Å². The Balaban J connectivity index is 2.75. The maximum Gasteiger partial charge on any atom is 0.182 e. The summed E-state index contributed by atoms with van der Waals surface area (Å²) in [6.07, 6.45) is 2.62. The minimum absolute atomic E-state index is 0.0108. The van der Waals surface area contributed by atoms with Crippen LogP contribution in [0.15, 0.2) is 6.20 Å². The highest BCUT2D eigenvalue weighted by molar-refractivity contribution is 6.33. The Kier molecular flexibility index (Phi) is 5.61. The van der Waals surface area contributed by atoms with Crippen molar-refractivity contribution in [2.45, 2.75) is 19.4 Å². The van der Waals surface area contributed by atoms with E-state index in [9.17, 15) is 4.79 Å². The molecule has 0 aliphatic heterocycles. The monoisotopic (exact) mass is 258 g/mol. The van der Waals surface area contributed by atoms with E-state index in [0.717, 1.165) is 6.54 Å². The molecule has 0 aliphatic carbocycles. The van der Waals surface area contributed by atoms with Crippen LogP contribution in [0.2, 0.25) is 5.02 Å². The van der Waals surface area contributed by atoms with Gasteiger partial charge in [-0.2, -0.15) is 5.10 Å². The molecule has 0 amide bonds. The number of nitrogens with two attached hydrogens (primary N) is 1. The van der Waals surface area contributed by atoms with E-state index < -0.39 is 0 Å². The van der Waals surface area contributed by atoms with Gasteiger partial charge in [0.25, 0.3) is 0 Å². The highest BCUT2D eigenvalue weighted by Crippen LogP contribution is 2.17. The van der Waals surface area contributed by atoms with E-state index in [1.54, 1.807) is 4.68 Å².